The molecule has 0 bridgehead atoms. The summed E-state index contributed by atoms with van der Waals surface area (Å²) >= 11 is 0. The second kappa shape index (κ2) is 8.00. The van der Waals surface area contributed by atoms with E-state index in [0.29, 0.717) is 6.04 Å². The number of piperidine rings is 1. The van der Waals surface area contributed by atoms with Gasteiger partial charge in [-0.15, -0.1) is 0 Å². The Labute approximate surface area is 127 Å². The van der Waals surface area contributed by atoms with Crippen LogP contribution < -0.4 is 15.5 Å². The fourth-order valence-electron chi connectivity index (χ4n) is 2.96. The molecule has 116 valence electrons. The Hall–Kier alpha value is -1.59. The van der Waals surface area contributed by atoms with Gasteiger partial charge in [-0.25, -0.2) is 0 Å². The van der Waals surface area contributed by atoms with Gasteiger partial charge in [-0.1, -0.05) is 12.1 Å². The molecule has 0 saturated carbocycles. The van der Waals surface area contributed by atoms with Crippen molar-refractivity contribution in [3.8, 4) is 0 Å². The smallest absolute Gasteiger partial charge is 0.211 e. The van der Waals surface area contributed by atoms with Crippen molar-refractivity contribution in [2.24, 2.45) is 0 Å². The summed E-state index contributed by atoms with van der Waals surface area (Å²) in [5.74, 6) is 0. The Bertz CT molecular complexity index is 444. The van der Waals surface area contributed by atoms with E-state index in [1.807, 2.05) is 25.2 Å². The fraction of sp³-hybridized carbons (Fsp3) is 0.562. The minimum atomic E-state index is 0.533. The van der Waals surface area contributed by atoms with Gasteiger partial charge in [-0.3, -0.25) is 4.79 Å². The zero-order valence-corrected chi connectivity index (χ0v) is 13.0. The lowest BCUT2D eigenvalue weighted by Crippen LogP contribution is -2.45. The zero-order chi connectivity index (χ0) is 15.1. The molecule has 1 heterocycles. The van der Waals surface area contributed by atoms with E-state index in [2.05, 4.69) is 33.5 Å². The second-order valence-electron chi connectivity index (χ2n) is 5.57. The molecular weight excluding hydrogens is 264 g/mol. The van der Waals surface area contributed by atoms with Gasteiger partial charge in [0.15, 0.2) is 0 Å². The summed E-state index contributed by atoms with van der Waals surface area (Å²) in [7, 11) is 4.12. The van der Waals surface area contributed by atoms with Crippen molar-refractivity contribution < 1.29 is 4.79 Å². The normalized spacial score (nSPS) is 16.7. The lowest BCUT2D eigenvalue weighted by Gasteiger charge is -2.38. The van der Waals surface area contributed by atoms with Crippen LogP contribution in [0.1, 0.15) is 12.8 Å². The highest BCUT2D eigenvalue weighted by molar-refractivity contribution is 5.81. The molecular formula is C16H26N4O. The van der Waals surface area contributed by atoms with Crippen LogP contribution >= 0.6 is 0 Å². The molecule has 0 aliphatic carbocycles. The molecule has 0 radical (unpaired) electrons. The topological polar surface area (TPSA) is 47.6 Å². The van der Waals surface area contributed by atoms with Crippen molar-refractivity contribution in [2.45, 2.75) is 18.9 Å². The van der Waals surface area contributed by atoms with Crippen LogP contribution in [0.15, 0.2) is 24.3 Å². The minimum Gasteiger partial charge on any atom is -0.370 e. The van der Waals surface area contributed by atoms with E-state index in [0.717, 1.165) is 56.8 Å². The Morgan fingerprint density at radius 1 is 1.33 bits per heavy atom. The first-order valence-electron chi connectivity index (χ1n) is 7.65. The number of nitrogens with zero attached hydrogens (tertiary/aromatic N) is 2. The van der Waals surface area contributed by atoms with Crippen LogP contribution in [-0.4, -0.2) is 57.6 Å². The van der Waals surface area contributed by atoms with Gasteiger partial charge in [-0.05, 0) is 32.0 Å². The second-order valence-corrected chi connectivity index (χ2v) is 5.57. The van der Waals surface area contributed by atoms with Crippen molar-refractivity contribution in [1.82, 2.24) is 10.2 Å². The lowest BCUT2D eigenvalue weighted by atomic mass is 10.0. The maximum atomic E-state index is 10.7. The van der Waals surface area contributed by atoms with E-state index in [-0.39, 0.29) is 0 Å². The standard InChI is InChI=1S/C16H26N4O/c1-17-9-12-20-10-7-14(8-11-20)19(2)16-6-4-3-5-15(16)18-13-21/h3-6,13-14,17H,7-12H2,1-2H3,(H,18,21). The molecule has 0 spiro atoms. The number of carbonyl (C=O) groups is 1. The number of likely N-dealkylation sites (tertiary alicyclic amines) is 1. The molecule has 1 aliphatic rings. The monoisotopic (exact) mass is 290 g/mol. The Morgan fingerprint density at radius 3 is 2.71 bits per heavy atom. The lowest BCUT2D eigenvalue weighted by molar-refractivity contribution is -0.105. The largest absolute Gasteiger partial charge is 0.370 e. The van der Waals surface area contributed by atoms with E-state index in [1.54, 1.807) is 0 Å². The predicted octanol–water partition coefficient (Wildman–Crippen LogP) is 1.37. The maximum Gasteiger partial charge on any atom is 0.211 e. The van der Waals surface area contributed by atoms with Crippen molar-refractivity contribution in [1.29, 1.82) is 0 Å². The fourth-order valence-corrected chi connectivity index (χ4v) is 2.96. The first-order chi connectivity index (χ1) is 10.3. The van der Waals surface area contributed by atoms with Crippen LogP contribution in [0.25, 0.3) is 0 Å². The van der Waals surface area contributed by atoms with Gasteiger partial charge in [0.25, 0.3) is 0 Å². The van der Waals surface area contributed by atoms with E-state index < -0.39 is 0 Å². The van der Waals surface area contributed by atoms with Crippen LogP contribution in [0.2, 0.25) is 0 Å². The highest BCUT2D eigenvalue weighted by atomic mass is 16.1. The van der Waals surface area contributed by atoms with E-state index >= 15 is 0 Å². The molecule has 0 unspecified atom stereocenters. The Balaban J connectivity index is 1.95. The van der Waals surface area contributed by atoms with E-state index in [9.17, 15) is 4.79 Å². The number of hydrogen-bond acceptors (Lipinski definition) is 4. The molecule has 5 nitrogen and oxygen atoms in total. The SMILES string of the molecule is CNCCN1CCC(N(C)c2ccccc2NC=O)CC1. The van der Waals surface area contributed by atoms with Gasteiger partial charge in [0.2, 0.25) is 6.41 Å². The molecule has 0 aromatic heterocycles. The first kappa shape index (κ1) is 15.8. The third-order valence-electron chi connectivity index (χ3n) is 4.28. The highest BCUT2D eigenvalue weighted by Gasteiger charge is 2.23. The number of amides is 1. The van der Waals surface area contributed by atoms with Crippen LogP contribution in [0.5, 0.6) is 0 Å². The van der Waals surface area contributed by atoms with Gasteiger partial charge in [0, 0.05) is 39.3 Å². The predicted molar refractivity (Wildman–Crippen MR) is 87.9 cm³/mol. The maximum absolute atomic E-state index is 10.7. The van der Waals surface area contributed by atoms with Gasteiger partial charge in [0.1, 0.15) is 0 Å². The Kier molecular flexibility index (Phi) is 6.02. The minimum absolute atomic E-state index is 0.533. The molecule has 21 heavy (non-hydrogen) atoms. The number of nitrogens with one attached hydrogen (secondary N) is 2. The highest BCUT2D eigenvalue weighted by Crippen LogP contribution is 2.28. The number of rotatable bonds is 7. The number of benzene rings is 1. The molecule has 1 saturated heterocycles. The summed E-state index contributed by atoms with van der Waals surface area (Å²) < 4.78 is 0. The number of para-hydroxylation sites is 2. The average molecular weight is 290 g/mol. The zero-order valence-electron chi connectivity index (χ0n) is 13.0. The summed E-state index contributed by atoms with van der Waals surface area (Å²) in [5.41, 5.74) is 1.98. The third kappa shape index (κ3) is 4.19. The molecule has 1 fully saturated rings. The van der Waals surface area contributed by atoms with Crippen molar-refractivity contribution >= 4 is 17.8 Å². The quantitative estimate of drug-likeness (QED) is 0.745. The van der Waals surface area contributed by atoms with Gasteiger partial charge in [-0.2, -0.15) is 0 Å². The molecule has 5 heteroatoms. The molecule has 2 N–H and O–H groups in total. The van der Waals surface area contributed by atoms with Crippen LogP contribution in [0, 0.1) is 0 Å². The van der Waals surface area contributed by atoms with E-state index in [4.69, 9.17) is 0 Å². The van der Waals surface area contributed by atoms with Crippen molar-refractivity contribution in [3.05, 3.63) is 24.3 Å². The number of likely N-dealkylation sites (N-methyl/N-ethyl adjacent to an activating group) is 1. The summed E-state index contributed by atoms with van der Waals surface area (Å²) in [6, 6.07) is 8.51. The molecule has 2 rings (SSSR count). The average Bonchev–Trinajstić information content (AvgIpc) is 2.53. The molecule has 0 atom stereocenters. The summed E-state index contributed by atoms with van der Waals surface area (Å²) in [6.45, 7) is 4.45. The summed E-state index contributed by atoms with van der Waals surface area (Å²) in [5, 5.41) is 5.99. The van der Waals surface area contributed by atoms with Crippen LogP contribution in [0.3, 0.4) is 0 Å². The molecule has 1 aromatic rings. The number of hydrogen-bond donors (Lipinski definition) is 2. The van der Waals surface area contributed by atoms with Crippen LogP contribution in [-0.2, 0) is 4.79 Å². The summed E-state index contributed by atoms with van der Waals surface area (Å²) in [6.07, 6.45) is 3.07. The van der Waals surface area contributed by atoms with Crippen LogP contribution in [0.4, 0.5) is 11.4 Å². The Morgan fingerprint density at radius 2 is 2.05 bits per heavy atom. The number of carbonyl (C=O) groups excluding carboxylic acids is 1. The number of anilines is 2. The first-order valence-corrected chi connectivity index (χ1v) is 7.65. The summed E-state index contributed by atoms with van der Waals surface area (Å²) in [4.78, 5) is 15.5. The van der Waals surface area contributed by atoms with Gasteiger partial charge >= 0.3 is 0 Å². The van der Waals surface area contributed by atoms with Crippen molar-refractivity contribution in [2.75, 3.05) is 50.5 Å². The molecule has 1 amide bonds. The van der Waals surface area contributed by atoms with Crippen molar-refractivity contribution in [3.63, 3.8) is 0 Å². The van der Waals surface area contributed by atoms with Gasteiger partial charge in [0.05, 0.1) is 11.4 Å². The molecule has 1 aromatic carbocycles. The van der Waals surface area contributed by atoms with Gasteiger partial charge < -0.3 is 20.4 Å². The molecule has 1 aliphatic heterocycles. The van der Waals surface area contributed by atoms with E-state index in [1.165, 1.54) is 0 Å². The third-order valence-corrected chi connectivity index (χ3v) is 4.28.